The average molecular weight is 315 g/mol. The van der Waals surface area contributed by atoms with Crippen molar-refractivity contribution in [3.63, 3.8) is 0 Å². The van der Waals surface area contributed by atoms with Crippen LogP contribution in [0.2, 0.25) is 0 Å². The van der Waals surface area contributed by atoms with Crippen LogP contribution in [0.1, 0.15) is 5.82 Å². The summed E-state index contributed by atoms with van der Waals surface area (Å²) in [5.74, 6) is 0.686. The predicted octanol–water partition coefficient (Wildman–Crippen LogP) is 3.46. The van der Waals surface area contributed by atoms with Crippen molar-refractivity contribution < 1.29 is 0 Å². The molecule has 0 amide bonds. The minimum absolute atomic E-state index is 0.0366. The zero-order valence-electron chi connectivity index (χ0n) is 10.3. The lowest BCUT2D eigenvalue weighted by Crippen LogP contribution is -2.22. The number of aryl methyl sites for hydroxylation is 1. The molecule has 0 spiro atoms. The molecule has 0 saturated carbocycles. The van der Waals surface area contributed by atoms with Crippen LogP contribution in [-0.2, 0) is 0 Å². The van der Waals surface area contributed by atoms with Gasteiger partial charge in [-0.15, -0.1) is 0 Å². The van der Waals surface area contributed by atoms with Gasteiger partial charge in [-0.3, -0.25) is 9.36 Å². The maximum Gasteiger partial charge on any atom is 0.265 e. The Kier molecular flexibility index (Phi) is 2.95. The first-order valence-corrected chi connectivity index (χ1v) is 6.70. The molecule has 0 fully saturated rings. The Morgan fingerprint density at radius 3 is 2.47 bits per heavy atom. The van der Waals surface area contributed by atoms with Crippen LogP contribution < -0.4 is 5.56 Å². The highest BCUT2D eigenvalue weighted by Gasteiger charge is 2.08. The Labute approximate surface area is 118 Å². The standard InChI is InChI=1S/C15H11BrN2O/c1-10-17-14-5-3-2-4-13(14)15(19)18(10)12-8-6-11(16)7-9-12/h2-9H,1H3. The summed E-state index contributed by atoms with van der Waals surface area (Å²) in [6.45, 7) is 1.84. The van der Waals surface area contributed by atoms with Crippen LogP contribution in [0.5, 0.6) is 0 Å². The summed E-state index contributed by atoms with van der Waals surface area (Å²) in [4.78, 5) is 17.0. The maximum absolute atomic E-state index is 12.5. The molecule has 0 atom stereocenters. The van der Waals surface area contributed by atoms with Gasteiger partial charge >= 0.3 is 0 Å². The summed E-state index contributed by atoms with van der Waals surface area (Å²) in [6.07, 6.45) is 0. The smallest absolute Gasteiger partial charge is 0.265 e. The van der Waals surface area contributed by atoms with Crippen molar-refractivity contribution in [2.45, 2.75) is 6.92 Å². The van der Waals surface area contributed by atoms with E-state index < -0.39 is 0 Å². The van der Waals surface area contributed by atoms with Crippen LogP contribution in [0, 0.1) is 6.92 Å². The van der Waals surface area contributed by atoms with E-state index in [4.69, 9.17) is 0 Å². The second-order valence-electron chi connectivity index (χ2n) is 4.29. The fraction of sp³-hybridized carbons (Fsp3) is 0.0667. The van der Waals surface area contributed by atoms with Crippen LogP contribution in [0.15, 0.2) is 57.8 Å². The Balaban J connectivity index is 2.35. The summed E-state index contributed by atoms with van der Waals surface area (Å²) in [5, 5.41) is 0.635. The van der Waals surface area contributed by atoms with E-state index in [2.05, 4.69) is 20.9 Å². The third-order valence-electron chi connectivity index (χ3n) is 3.03. The van der Waals surface area contributed by atoms with Gasteiger partial charge < -0.3 is 0 Å². The quantitative estimate of drug-likeness (QED) is 0.689. The van der Waals surface area contributed by atoms with Gasteiger partial charge in [0.15, 0.2) is 0 Å². The second kappa shape index (κ2) is 4.63. The first-order chi connectivity index (χ1) is 9.16. The maximum atomic E-state index is 12.5. The van der Waals surface area contributed by atoms with Gasteiger partial charge in [-0.1, -0.05) is 28.1 Å². The molecule has 0 unspecified atom stereocenters. The fourth-order valence-electron chi connectivity index (χ4n) is 2.14. The third-order valence-corrected chi connectivity index (χ3v) is 3.56. The van der Waals surface area contributed by atoms with E-state index in [1.165, 1.54) is 0 Å². The number of rotatable bonds is 1. The molecule has 0 saturated heterocycles. The Morgan fingerprint density at radius 1 is 1.05 bits per heavy atom. The van der Waals surface area contributed by atoms with Gasteiger partial charge in [0.25, 0.3) is 5.56 Å². The van der Waals surface area contributed by atoms with Crippen LogP contribution in [0.3, 0.4) is 0 Å². The van der Waals surface area contributed by atoms with Gasteiger partial charge in [-0.25, -0.2) is 4.98 Å². The highest BCUT2D eigenvalue weighted by molar-refractivity contribution is 9.10. The minimum atomic E-state index is -0.0366. The van der Waals surface area contributed by atoms with Crippen molar-refractivity contribution in [1.82, 2.24) is 9.55 Å². The molecule has 3 aromatic rings. The van der Waals surface area contributed by atoms with Crippen molar-refractivity contribution >= 4 is 26.8 Å². The van der Waals surface area contributed by atoms with E-state index in [1.54, 1.807) is 10.6 Å². The minimum Gasteiger partial charge on any atom is -0.268 e. The van der Waals surface area contributed by atoms with Gasteiger partial charge in [0, 0.05) is 4.47 Å². The molecule has 0 aliphatic carbocycles. The summed E-state index contributed by atoms with van der Waals surface area (Å²) >= 11 is 3.39. The van der Waals surface area contributed by atoms with E-state index >= 15 is 0 Å². The van der Waals surface area contributed by atoms with E-state index in [0.717, 1.165) is 15.7 Å². The van der Waals surface area contributed by atoms with E-state index in [-0.39, 0.29) is 5.56 Å². The van der Waals surface area contributed by atoms with Gasteiger partial charge in [-0.05, 0) is 43.3 Å². The fourth-order valence-corrected chi connectivity index (χ4v) is 2.40. The van der Waals surface area contributed by atoms with E-state index in [0.29, 0.717) is 11.2 Å². The molecule has 0 N–H and O–H groups in total. The molecule has 2 aromatic carbocycles. The highest BCUT2D eigenvalue weighted by Crippen LogP contribution is 2.15. The summed E-state index contributed by atoms with van der Waals surface area (Å²) in [6, 6.07) is 15.0. The van der Waals surface area contributed by atoms with Crippen molar-refractivity contribution in [3.05, 3.63) is 69.2 Å². The van der Waals surface area contributed by atoms with Gasteiger partial charge in [0.2, 0.25) is 0 Å². The molecule has 0 bridgehead atoms. The van der Waals surface area contributed by atoms with Crippen molar-refractivity contribution in [2.24, 2.45) is 0 Å². The lowest BCUT2D eigenvalue weighted by molar-refractivity contribution is 0.894. The SMILES string of the molecule is Cc1nc2ccccc2c(=O)n1-c1ccc(Br)cc1. The number of para-hydroxylation sites is 1. The lowest BCUT2D eigenvalue weighted by atomic mass is 10.2. The topological polar surface area (TPSA) is 34.9 Å². The van der Waals surface area contributed by atoms with Crippen molar-refractivity contribution in [2.75, 3.05) is 0 Å². The number of aromatic nitrogens is 2. The largest absolute Gasteiger partial charge is 0.268 e. The molecular weight excluding hydrogens is 304 g/mol. The molecule has 0 radical (unpaired) electrons. The van der Waals surface area contributed by atoms with Crippen LogP contribution in [-0.4, -0.2) is 9.55 Å². The zero-order chi connectivity index (χ0) is 13.4. The number of benzene rings is 2. The first-order valence-electron chi connectivity index (χ1n) is 5.91. The van der Waals surface area contributed by atoms with Crippen LogP contribution >= 0.6 is 15.9 Å². The molecule has 94 valence electrons. The molecule has 19 heavy (non-hydrogen) atoms. The summed E-state index contributed by atoms with van der Waals surface area (Å²) in [7, 11) is 0. The molecule has 3 nitrogen and oxygen atoms in total. The Hall–Kier alpha value is -1.94. The summed E-state index contributed by atoms with van der Waals surface area (Å²) in [5.41, 5.74) is 1.52. The van der Waals surface area contributed by atoms with Crippen molar-refractivity contribution in [3.8, 4) is 5.69 Å². The normalized spacial score (nSPS) is 10.8. The van der Waals surface area contributed by atoms with E-state index in [9.17, 15) is 4.79 Å². The zero-order valence-corrected chi connectivity index (χ0v) is 11.9. The van der Waals surface area contributed by atoms with Crippen LogP contribution in [0.25, 0.3) is 16.6 Å². The molecular formula is C15H11BrN2O. The van der Waals surface area contributed by atoms with Gasteiger partial charge in [0.05, 0.1) is 16.6 Å². The molecule has 3 rings (SSSR count). The number of nitrogens with zero attached hydrogens (tertiary/aromatic N) is 2. The summed E-state index contributed by atoms with van der Waals surface area (Å²) < 4.78 is 2.62. The predicted molar refractivity (Wildman–Crippen MR) is 79.8 cm³/mol. The third kappa shape index (κ3) is 2.08. The number of halogens is 1. The highest BCUT2D eigenvalue weighted by atomic mass is 79.9. The van der Waals surface area contributed by atoms with E-state index in [1.807, 2.05) is 49.4 Å². The second-order valence-corrected chi connectivity index (χ2v) is 5.21. The molecule has 0 aliphatic heterocycles. The Bertz CT molecular complexity index is 806. The molecule has 4 heteroatoms. The number of hydrogen-bond acceptors (Lipinski definition) is 2. The first kappa shape index (κ1) is 12.1. The molecule has 1 aromatic heterocycles. The molecule has 0 aliphatic rings. The van der Waals surface area contributed by atoms with Crippen molar-refractivity contribution in [1.29, 1.82) is 0 Å². The lowest BCUT2D eigenvalue weighted by Gasteiger charge is -2.10. The van der Waals surface area contributed by atoms with Crippen LogP contribution in [0.4, 0.5) is 0 Å². The van der Waals surface area contributed by atoms with Gasteiger partial charge in [-0.2, -0.15) is 0 Å². The molecule has 1 heterocycles. The Morgan fingerprint density at radius 2 is 1.74 bits per heavy atom. The number of hydrogen-bond donors (Lipinski definition) is 0. The average Bonchev–Trinajstić information content (AvgIpc) is 2.41. The van der Waals surface area contributed by atoms with Gasteiger partial charge in [0.1, 0.15) is 5.82 Å². The monoisotopic (exact) mass is 314 g/mol. The number of fused-ring (bicyclic) bond motifs is 1.